The van der Waals surface area contributed by atoms with Gasteiger partial charge in [0.25, 0.3) is 5.91 Å². The molecule has 3 aliphatic rings. The molecule has 1 saturated carbocycles. The van der Waals surface area contributed by atoms with Crippen molar-refractivity contribution in [2.45, 2.75) is 69.2 Å². The fraction of sp³-hybridized carbons (Fsp3) is 0.519. The van der Waals surface area contributed by atoms with Gasteiger partial charge in [-0.05, 0) is 37.0 Å². The Bertz CT molecular complexity index is 1100. The molecule has 2 amide bonds. The summed E-state index contributed by atoms with van der Waals surface area (Å²) in [7, 11) is 1.54. The number of carbonyl (C=O) groups excluding carboxylic acids is 2. The molecular weight excluding hydrogens is 447 g/mol. The van der Waals surface area contributed by atoms with Crippen LogP contribution in [-0.4, -0.2) is 69.5 Å². The first-order valence-electron chi connectivity index (χ1n) is 12.6. The Morgan fingerprint density at radius 2 is 1.97 bits per heavy atom. The van der Waals surface area contributed by atoms with E-state index in [1.54, 1.807) is 31.4 Å². The molecule has 2 N–H and O–H groups in total. The molecular formula is C27H33FN4O3. The highest BCUT2D eigenvalue weighted by molar-refractivity contribution is 5.92. The number of benzene rings is 1. The maximum absolute atomic E-state index is 15.2. The quantitative estimate of drug-likeness (QED) is 0.687. The number of nitrogens with one attached hydrogen (secondary N) is 1. The Morgan fingerprint density at radius 3 is 2.66 bits per heavy atom. The van der Waals surface area contributed by atoms with Crippen molar-refractivity contribution in [1.29, 1.82) is 0 Å². The summed E-state index contributed by atoms with van der Waals surface area (Å²) in [5.41, 5.74) is 1.45. The molecule has 1 aliphatic carbocycles. The van der Waals surface area contributed by atoms with Crippen LogP contribution in [0.25, 0.3) is 11.1 Å². The number of carbonyl (C=O) groups is 2. The minimum atomic E-state index is -0.735. The van der Waals surface area contributed by atoms with E-state index >= 15 is 4.39 Å². The van der Waals surface area contributed by atoms with Gasteiger partial charge in [-0.2, -0.15) is 0 Å². The molecule has 2 saturated heterocycles. The topological polar surface area (TPSA) is 85.8 Å². The van der Waals surface area contributed by atoms with E-state index in [9.17, 15) is 14.7 Å². The van der Waals surface area contributed by atoms with Crippen LogP contribution in [0.1, 0.15) is 61.0 Å². The predicted molar refractivity (Wildman–Crippen MR) is 130 cm³/mol. The van der Waals surface area contributed by atoms with Crippen molar-refractivity contribution in [3.8, 4) is 11.1 Å². The molecule has 0 unspecified atom stereocenters. The van der Waals surface area contributed by atoms with Gasteiger partial charge in [-0.25, -0.2) is 4.39 Å². The summed E-state index contributed by atoms with van der Waals surface area (Å²) >= 11 is 0. The van der Waals surface area contributed by atoms with Crippen LogP contribution in [0.4, 0.5) is 4.39 Å². The fourth-order valence-corrected chi connectivity index (χ4v) is 6.12. The Balaban J connectivity index is 1.33. The highest BCUT2D eigenvalue weighted by Gasteiger charge is 2.56. The summed E-state index contributed by atoms with van der Waals surface area (Å²) in [5, 5.41) is 13.0. The summed E-state index contributed by atoms with van der Waals surface area (Å²) in [5.74, 6) is -0.521. The number of aliphatic hydroxyl groups is 1. The maximum Gasteiger partial charge on any atom is 0.269 e. The lowest BCUT2D eigenvalue weighted by molar-refractivity contribution is -0.139. The number of hydrogen-bond donors (Lipinski definition) is 2. The Morgan fingerprint density at radius 1 is 1.20 bits per heavy atom. The molecule has 0 radical (unpaired) electrons. The van der Waals surface area contributed by atoms with Crippen molar-refractivity contribution in [1.82, 2.24) is 20.1 Å². The minimum Gasteiger partial charge on any atom is -0.392 e. The summed E-state index contributed by atoms with van der Waals surface area (Å²) in [6.45, 7) is 1.37. The predicted octanol–water partition coefficient (Wildman–Crippen LogP) is 3.12. The second kappa shape index (κ2) is 9.66. The van der Waals surface area contributed by atoms with Crippen molar-refractivity contribution in [2.24, 2.45) is 0 Å². The fourth-order valence-electron chi connectivity index (χ4n) is 6.12. The minimum absolute atomic E-state index is 0.111. The lowest BCUT2D eigenvalue weighted by atomic mass is 9.91. The van der Waals surface area contributed by atoms with Gasteiger partial charge in [-0.15, -0.1) is 0 Å². The first-order valence-corrected chi connectivity index (χ1v) is 12.6. The van der Waals surface area contributed by atoms with E-state index < -0.39 is 11.6 Å². The van der Waals surface area contributed by atoms with Crippen LogP contribution in [0.3, 0.4) is 0 Å². The number of aromatic nitrogens is 1. The van der Waals surface area contributed by atoms with Gasteiger partial charge in [-0.1, -0.05) is 37.5 Å². The molecule has 3 fully saturated rings. The lowest BCUT2D eigenvalue weighted by Gasteiger charge is -2.36. The van der Waals surface area contributed by atoms with Crippen molar-refractivity contribution >= 4 is 11.8 Å². The van der Waals surface area contributed by atoms with Crippen LogP contribution in [0.2, 0.25) is 0 Å². The third kappa shape index (κ3) is 4.45. The van der Waals surface area contributed by atoms with Gasteiger partial charge >= 0.3 is 0 Å². The van der Waals surface area contributed by atoms with Gasteiger partial charge in [0.05, 0.1) is 6.10 Å². The van der Waals surface area contributed by atoms with Crippen LogP contribution < -0.4 is 5.32 Å². The van der Waals surface area contributed by atoms with E-state index in [0.29, 0.717) is 54.4 Å². The molecule has 8 heteroatoms. The standard InChI is InChI=1S/C27H33FN4O3/c1-29-25(34)24-10-9-19(15-30-24)18-7-8-20(23(28)13-18)16-31-17-22(33)14-27(31)11-12-32(26(27)35)21-5-3-2-4-6-21/h7-10,13,15,21-22,33H,2-6,11-12,14,16-17H2,1H3,(H,29,34)/t22-,27+/m1/s1. The molecule has 1 aromatic carbocycles. The number of pyridine rings is 1. The Kier molecular flexibility index (Phi) is 6.59. The zero-order valence-electron chi connectivity index (χ0n) is 20.2. The molecule has 35 heavy (non-hydrogen) atoms. The van der Waals surface area contributed by atoms with Crippen molar-refractivity contribution in [3.63, 3.8) is 0 Å². The molecule has 2 atom stereocenters. The van der Waals surface area contributed by atoms with E-state index in [2.05, 4.69) is 10.3 Å². The normalized spacial score (nSPS) is 25.5. The van der Waals surface area contributed by atoms with Gasteiger partial charge in [0.1, 0.15) is 17.1 Å². The molecule has 7 nitrogen and oxygen atoms in total. The van der Waals surface area contributed by atoms with Crippen LogP contribution in [0, 0.1) is 5.82 Å². The highest BCUT2D eigenvalue weighted by Crippen LogP contribution is 2.42. The first kappa shape index (κ1) is 23.9. The van der Waals surface area contributed by atoms with Gasteiger partial charge in [0, 0.05) is 56.5 Å². The largest absolute Gasteiger partial charge is 0.392 e. The summed E-state index contributed by atoms with van der Waals surface area (Å²) in [6.07, 6.45) is 7.74. The zero-order valence-corrected chi connectivity index (χ0v) is 20.2. The number of hydrogen-bond acceptors (Lipinski definition) is 5. The van der Waals surface area contributed by atoms with Crippen LogP contribution in [-0.2, 0) is 11.3 Å². The average molecular weight is 481 g/mol. The van der Waals surface area contributed by atoms with Crippen LogP contribution >= 0.6 is 0 Å². The monoisotopic (exact) mass is 480 g/mol. The van der Waals surface area contributed by atoms with Gasteiger partial charge in [0.15, 0.2) is 0 Å². The van der Waals surface area contributed by atoms with E-state index in [1.165, 1.54) is 12.5 Å². The molecule has 186 valence electrons. The van der Waals surface area contributed by atoms with E-state index in [0.717, 1.165) is 25.7 Å². The van der Waals surface area contributed by atoms with Crippen molar-refractivity contribution in [3.05, 3.63) is 53.6 Å². The molecule has 0 bridgehead atoms. The highest BCUT2D eigenvalue weighted by atomic mass is 19.1. The average Bonchev–Trinajstić information content (AvgIpc) is 3.38. The third-order valence-corrected chi connectivity index (χ3v) is 8.02. The second-order valence-electron chi connectivity index (χ2n) is 10.1. The number of likely N-dealkylation sites (tertiary alicyclic amines) is 2. The molecule has 2 aliphatic heterocycles. The molecule has 1 spiro atoms. The Hall–Kier alpha value is -2.84. The maximum atomic E-state index is 15.2. The number of β-amino-alcohol motifs (C(OH)–C–C–N with tert-alkyl or cyclic N) is 1. The number of rotatable bonds is 5. The summed E-state index contributed by atoms with van der Waals surface area (Å²) < 4.78 is 15.2. The Labute approximate surface area is 205 Å². The second-order valence-corrected chi connectivity index (χ2v) is 10.1. The number of halogens is 1. The van der Waals surface area contributed by atoms with Crippen molar-refractivity contribution < 1.29 is 19.1 Å². The summed E-state index contributed by atoms with van der Waals surface area (Å²) in [4.78, 5) is 33.5. The van der Waals surface area contributed by atoms with Gasteiger partial charge < -0.3 is 15.3 Å². The molecule has 1 aromatic heterocycles. The van der Waals surface area contributed by atoms with Crippen LogP contribution in [0.15, 0.2) is 36.5 Å². The SMILES string of the molecule is CNC(=O)c1ccc(-c2ccc(CN3C[C@H](O)C[C@]34CCN(C3CCCCC3)C4=O)c(F)c2)cn1. The molecule has 2 aromatic rings. The van der Waals surface area contributed by atoms with E-state index in [4.69, 9.17) is 0 Å². The molecule has 3 heterocycles. The third-order valence-electron chi connectivity index (χ3n) is 8.02. The van der Waals surface area contributed by atoms with Gasteiger partial charge in [0.2, 0.25) is 5.91 Å². The van der Waals surface area contributed by atoms with Gasteiger partial charge in [-0.3, -0.25) is 19.5 Å². The number of nitrogens with zero attached hydrogens (tertiary/aromatic N) is 3. The number of amides is 2. The smallest absolute Gasteiger partial charge is 0.269 e. The number of aliphatic hydroxyl groups excluding tert-OH is 1. The lowest BCUT2D eigenvalue weighted by Crippen LogP contribution is -2.51. The van der Waals surface area contributed by atoms with E-state index in [1.807, 2.05) is 15.9 Å². The van der Waals surface area contributed by atoms with Crippen LogP contribution in [0.5, 0.6) is 0 Å². The first-order chi connectivity index (χ1) is 16.9. The summed E-state index contributed by atoms with van der Waals surface area (Å²) in [6, 6.07) is 8.70. The zero-order chi connectivity index (χ0) is 24.6. The molecule has 5 rings (SSSR count). The van der Waals surface area contributed by atoms with E-state index in [-0.39, 0.29) is 24.2 Å². The van der Waals surface area contributed by atoms with Crippen molar-refractivity contribution in [2.75, 3.05) is 20.1 Å².